The fraction of sp³-hybridized carbons (Fsp3) is 0.462. The van der Waals surface area contributed by atoms with E-state index in [1.807, 2.05) is 6.92 Å². The summed E-state index contributed by atoms with van der Waals surface area (Å²) in [6, 6.07) is 15.0. The molecule has 0 unspecified atom stereocenters. The molecule has 0 heterocycles. The fourth-order valence-corrected chi connectivity index (χ4v) is 6.91. The van der Waals surface area contributed by atoms with E-state index in [0.717, 1.165) is 29.5 Å². The standard InChI is InChI=1S/C26H27NO2/c1-15(18-6-7-24-20(13-18)14-19-4-2-3-5-23(19)24)27-29-26(28)25-21-9-16-8-17(11-21)12-22(25)10-16/h2-7,13,16-17,21-22,25H,8-12,14H2,1H3. The first-order valence-electron chi connectivity index (χ1n) is 11.1. The van der Waals surface area contributed by atoms with Gasteiger partial charge in [-0.05, 0) is 103 Å². The van der Waals surface area contributed by atoms with Gasteiger partial charge in [-0.2, -0.15) is 0 Å². The van der Waals surface area contributed by atoms with Crippen LogP contribution in [0.4, 0.5) is 0 Å². The van der Waals surface area contributed by atoms with E-state index in [-0.39, 0.29) is 11.9 Å². The Morgan fingerprint density at radius 1 is 0.897 bits per heavy atom. The summed E-state index contributed by atoms with van der Waals surface area (Å²) in [5.41, 5.74) is 7.16. The maximum atomic E-state index is 12.9. The number of nitrogens with zero attached hydrogens (tertiary/aromatic N) is 1. The third kappa shape index (κ3) is 2.86. The van der Waals surface area contributed by atoms with Crippen LogP contribution in [0.3, 0.4) is 0 Å². The van der Waals surface area contributed by atoms with Crippen LogP contribution in [0.15, 0.2) is 47.6 Å². The SMILES string of the molecule is CC(=NOC(=O)C1C2CC3CC(C2)CC1C3)c1ccc2c(c1)Cc1ccccc1-2. The normalized spacial score (nSPS) is 31.5. The lowest BCUT2D eigenvalue weighted by atomic mass is 9.52. The van der Waals surface area contributed by atoms with Crippen LogP contribution in [0.1, 0.15) is 55.7 Å². The molecule has 3 heteroatoms. The van der Waals surface area contributed by atoms with Crippen LogP contribution < -0.4 is 0 Å². The van der Waals surface area contributed by atoms with Crippen molar-refractivity contribution >= 4 is 11.7 Å². The molecule has 4 bridgehead atoms. The molecule has 3 nitrogen and oxygen atoms in total. The average molecular weight is 386 g/mol. The summed E-state index contributed by atoms with van der Waals surface area (Å²) in [6.07, 6.45) is 7.25. The fourth-order valence-electron chi connectivity index (χ4n) is 6.91. The van der Waals surface area contributed by atoms with Crippen LogP contribution in [0.5, 0.6) is 0 Å². The van der Waals surface area contributed by atoms with Gasteiger partial charge in [0.15, 0.2) is 0 Å². The molecule has 0 spiro atoms. The number of carbonyl (C=O) groups excluding carboxylic acids is 1. The maximum Gasteiger partial charge on any atom is 0.338 e. The number of oxime groups is 1. The van der Waals surface area contributed by atoms with Crippen molar-refractivity contribution in [1.82, 2.24) is 0 Å². The first kappa shape index (κ1) is 17.4. The van der Waals surface area contributed by atoms with Gasteiger partial charge in [0.2, 0.25) is 0 Å². The van der Waals surface area contributed by atoms with Crippen LogP contribution in [0.25, 0.3) is 11.1 Å². The average Bonchev–Trinajstić information content (AvgIpc) is 3.09. The van der Waals surface area contributed by atoms with Crippen molar-refractivity contribution in [2.75, 3.05) is 0 Å². The van der Waals surface area contributed by atoms with Crippen molar-refractivity contribution in [2.24, 2.45) is 34.7 Å². The number of fused-ring (bicyclic) bond motifs is 3. The van der Waals surface area contributed by atoms with E-state index in [1.165, 1.54) is 54.4 Å². The highest BCUT2D eigenvalue weighted by atomic mass is 16.7. The number of carbonyl (C=O) groups is 1. The third-order valence-corrected chi connectivity index (χ3v) is 7.98. The Hall–Kier alpha value is -2.42. The highest BCUT2D eigenvalue weighted by Crippen LogP contribution is 2.56. The largest absolute Gasteiger partial charge is 0.338 e. The highest BCUT2D eigenvalue weighted by molar-refractivity contribution is 5.99. The van der Waals surface area contributed by atoms with Gasteiger partial charge < -0.3 is 4.84 Å². The van der Waals surface area contributed by atoms with Gasteiger partial charge in [0.25, 0.3) is 0 Å². The second kappa shape index (κ2) is 6.55. The molecule has 0 saturated heterocycles. The van der Waals surface area contributed by atoms with Crippen LogP contribution >= 0.6 is 0 Å². The van der Waals surface area contributed by atoms with Crippen LogP contribution in [-0.4, -0.2) is 11.7 Å². The first-order chi connectivity index (χ1) is 14.2. The van der Waals surface area contributed by atoms with Gasteiger partial charge in [-0.3, -0.25) is 0 Å². The zero-order valence-electron chi connectivity index (χ0n) is 16.9. The quantitative estimate of drug-likeness (QED) is 0.334. The molecule has 29 heavy (non-hydrogen) atoms. The minimum Gasteiger partial charge on any atom is -0.318 e. The Bertz CT molecular complexity index is 993. The molecule has 5 aliphatic carbocycles. The third-order valence-electron chi connectivity index (χ3n) is 7.98. The van der Waals surface area contributed by atoms with Crippen LogP contribution in [0, 0.1) is 29.6 Å². The lowest BCUT2D eigenvalue weighted by molar-refractivity contribution is -0.162. The summed E-state index contributed by atoms with van der Waals surface area (Å²) in [5, 5.41) is 4.27. The smallest absolute Gasteiger partial charge is 0.318 e. The molecule has 2 aromatic rings. The van der Waals surface area contributed by atoms with E-state index in [4.69, 9.17) is 4.84 Å². The molecule has 4 saturated carbocycles. The van der Waals surface area contributed by atoms with Crippen molar-refractivity contribution in [2.45, 2.75) is 45.4 Å². The molecule has 0 radical (unpaired) electrons. The summed E-state index contributed by atoms with van der Waals surface area (Å²) in [5.74, 6) is 2.78. The second-order valence-electron chi connectivity index (χ2n) is 9.75. The zero-order valence-corrected chi connectivity index (χ0v) is 16.9. The number of benzene rings is 2. The minimum absolute atomic E-state index is 0.0777. The van der Waals surface area contributed by atoms with E-state index in [1.54, 1.807) is 0 Å². The Labute approximate surface area is 172 Å². The molecule has 0 atom stereocenters. The maximum absolute atomic E-state index is 12.9. The Kier molecular flexibility index (Phi) is 3.94. The van der Waals surface area contributed by atoms with E-state index in [2.05, 4.69) is 47.6 Å². The summed E-state index contributed by atoms with van der Waals surface area (Å²) < 4.78 is 0. The molecule has 5 aliphatic rings. The zero-order chi connectivity index (χ0) is 19.5. The molecular formula is C26H27NO2. The summed E-state index contributed by atoms with van der Waals surface area (Å²) in [4.78, 5) is 18.4. The van der Waals surface area contributed by atoms with E-state index in [9.17, 15) is 4.79 Å². The van der Waals surface area contributed by atoms with Crippen molar-refractivity contribution in [3.8, 4) is 11.1 Å². The topological polar surface area (TPSA) is 38.7 Å². The lowest BCUT2D eigenvalue weighted by Gasteiger charge is -2.53. The van der Waals surface area contributed by atoms with Crippen molar-refractivity contribution in [3.05, 3.63) is 59.2 Å². The van der Waals surface area contributed by atoms with Crippen LogP contribution in [-0.2, 0) is 16.1 Å². The number of rotatable bonds is 3. The van der Waals surface area contributed by atoms with Gasteiger partial charge in [0, 0.05) is 0 Å². The molecule has 148 valence electrons. The van der Waals surface area contributed by atoms with Gasteiger partial charge in [0.05, 0.1) is 11.6 Å². The molecule has 0 N–H and O–H groups in total. The van der Waals surface area contributed by atoms with Gasteiger partial charge in [-0.25, -0.2) is 4.79 Å². The van der Waals surface area contributed by atoms with E-state index < -0.39 is 0 Å². The van der Waals surface area contributed by atoms with Crippen molar-refractivity contribution in [1.29, 1.82) is 0 Å². The number of hydrogen-bond donors (Lipinski definition) is 0. The highest BCUT2D eigenvalue weighted by Gasteiger charge is 2.51. The monoisotopic (exact) mass is 385 g/mol. The predicted octanol–water partition coefficient (Wildman–Crippen LogP) is 5.60. The number of hydrogen-bond acceptors (Lipinski definition) is 3. The van der Waals surface area contributed by atoms with Crippen LogP contribution in [0.2, 0.25) is 0 Å². The second-order valence-corrected chi connectivity index (χ2v) is 9.75. The van der Waals surface area contributed by atoms with E-state index >= 15 is 0 Å². The van der Waals surface area contributed by atoms with Gasteiger partial charge >= 0.3 is 5.97 Å². The molecular weight excluding hydrogens is 358 g/mol. The van der Waals surface area contributed by atoms with Gasteiger partial charge in [-0.1, -0.05) is 41.6 Å². The summed E-state index contributed by atoms with van der Waals surface area (Å²) in [7, 11) is 0. The van der Waals surface area contributed by atoms with Gasteiger partial charge in [-0.15, -0.1) is 0 Å². The molecule has 0 aromatic heterocycles. The molecule has 7 rings (SSSR count). The van der Waals surface area contributed by atoms with Gasteiger partial charge in [0.1, 0.15) is 0 Å². The minimum atomic E-state index is -0.0910. The lowest BCUT2D eigenvalue weighted by Crippen LogP contribution is -2.48. The molecule has 0 amide bonds. The Morgan fingerprint density at radius 2 is 1.59 bits per heavy atom. The summed E-state index contributed by atoms with van der Waals surface area (Å²) in [6.45, 7) is 1.94. The molecule has 2 aromatic carbocycles. The molecule has 4 fully saturated rings. The Balaban J connectivity index is 1.18. The molecule has 0 aliphatic heterocycles. The predicted molar refractivity (Wildman–Crippen MR) is 114 cm³/mol. The Morgan fingerprint density at radius 3 is 2.34 bits per heavy atom. The van der Waals surface area contributed by atoms with E-state index in [0.29, 0.717) is 11.8 Å². The van der Waals surface area contributed by atoms with Crippen molar-refractivity contribution < 1.29 is 9.63 Å². The first-order valence-corrected chi connectivity index (χ1v) is 11.1. The van der Waals surface area contributed by atoms with Crippen molar-refractivity contribution in [3.63, 3.8) is 0 Å². The summed E-state index contributed by atoms with van der Waals surface area (Å²) >= 11 is 0.